The predicted molar refractivity (Wildman–Crippen MR) is 101 cm³/mol. The number of carbonyl (C=O) groups excluding carboxylic acids is 1. The van der Waals surface area contributed by atoms with Crippen LogP contribution in [0.1, 0.15) is 5.56 Å². The van der Waals surface area contributed by atoms with E-state index >= 15 is 0 Å². The Hall–Kier alpha value is -2.93. The molecule has 2 aliphatic heterocycles. The number of ether oxygens (including phenoxy) is 3. The number of fused-ring (bicyclic) bond motifs is 1. The highest BCUT2D eigenvalue weighted by atomic mass is 16.7. The van der Waals surface area contributed by atoms with Gasteiger partial charge in [0.2, 0.25) is 6.79 Å². The summed E-state index contributed by atoms with van der Waals surface area (Å²) in [5.41, 5.74) is 1.92. The zero-order chi connectivity index (χ0) is 18.6. The van der Waals surface area contributed by atoms with Gasteiger partial charge < -0.3 is 29.3 Å². The molecule has 2 amide bonds. The number of nitrogens with zero attached hydrogens (tertiary/aromatic N) is 1. The minimum atomic E-state index is -0.0818. The van der Waals surface area contributed by atoms with E-state index in [4.69, 9.17) is 14.2 Å². The van der Waals surface area contributed by atoms with Crippen molar-refractivity contribution in [3.8, 4) is 17.2 Å². The molecule has 7 heteroatoms. The van der Waals surface area contributed by atoms with Gasteiger partial charge in [0.05, 0.1) is 39.0 Å². The first kappa shape index (κ1) is 17.5. The first-order chi connectivity index (χ1) is 13.2. The van der Waals surface area contributed by atoms with Crippen molar-refractivity contribution in [1.82, 2.24) is 4.90 Å². The van der Waals surface area contributed by atoms with Crippen LogP contribution in [-0.2, 0) is 6.54 Å². The van der Waals surface area contributed by atoms with Crippen molar-refractivity contribution < 1.29 is 23.9 Å². The smallest absolute Gasteiger partial charge is 0.322 e. The Morgan fingerprint density at radius 2 is 1.93 bits per heavy atom. The molecule has 142 valence electrons. The number of urea groups is 1. The van der Waals surface area contributed by atoms with Gasteiger partial charge in [0.15, 0.2) is 11.5 Å². The van der Waals surface area contributed by atoms with Crippen molar-refractivity contribution in [3.05, 3.63) is 48.0 Å². The largest absolute Gasteiger partial charge is 0.495 e. The molecule has 2 aromatic rings. The standard InChI is InChI=1S/C20H23N3O4/c1-25-17-5-3-2-4-16(17)21-20(24)23-10-8-22(9-11-23)13-15-6-7-18-19(12-15)27-14-26-18/h2-7,12H,8-11,13-14H2,1H3,(H,21,24)/p+1. The number of nitrogens with one attached hydrogen (secondary N) is 2. The van der Waals surface area contributed by atoms with Crippen LogP contribution < -0.4 is 24.4 Å². The first-order valence-electron chi connectivity index (χ1n) is 9.14. The molecule has 27 heavy (non-hydrogen) atoms. The number of para-hydroxylation sites is 2. The molecule has 4 rings (SSSR count). The monoisotopic (exact) mass is 370 g/mol. The number of amides is 2. The van der Waals surface area contributed by atoms with Crippen LogP contribution in [0, 0.1) is 0 Å². The minimum Gasteiger partial charge on any atom is -0.495 e. The lowest BCUT2D eigenvalue weighted by Gasteiger charge is -2.32. The fourth-order valence-corrected chi connectivity index (χ4v) is 3.48. The number of methoxy groups -OCH3 is 1. The molecule has 0 atom stereocenters. The maximum Gasteiger partial charge on any atom is 0.322 e. The van der Waals surface area contributed by atoms with Gasteiger partial charge in [-0.25, -0.2) is 4.79 Å². The van der Waals surface area contributed by atoms with Crippen LogP contribution in [0.5, 0.6) is 17.2 Å². The molecule has 1 fully saturated rings. The lowest BCUT2D eigenvalue weighted by atomic mass is 10.1. The summed E-state index contributed by atoms with van der Waals surface area (Å²) < 4.78 is 16.1. The molecule has 0 spiro atoms. The summed E-state index contributed by atoms with van der Waals surface area (Å²) in [7, 11) is 1.60. The van der Waals surface area contributed by atoms with Gasteiger partial charge in [0, 0.05) is 5.56 Å². The van der Waals surface area contributed by atoms with Crippen molar-refractivity contribution >= 4 is 11.7 Å². The van der Waals surface area contributed by atoms with E-state index in [-0.39, 0.29) is 6.03 Å². The Labute approximate surface area is 158 Å². The summed E-state index contributed by atoms with van der Waals surface area (Å²) in [5.74, 6) is 2.30. The first-order valence-corrected chi connectivity index (χ1v) is 9.14. The molecule has 2 N–H and O–H groups in total. The van der Waals surface area contributed by atoms with Crippen molar-refractivity contribution in [2.45, 2.75) is 6.54 Å². The highest BCUT2D eigenvalue weighted by Gasteiger charge is 2.25. The summed E-state index contributed by atoms with van der Waals surface area (Å²) in [5, 5.41) is 2.95. The maximum atomic E-state index is 12.5. The Bertz CT molecular complexity index is 819. The van der Waals surface area contributed by atoms with E-state index in [1.54, 1.807) is 7.11 Å². The Balaban J connectivity index is 1.30. The number of rotatable bonds is 4. The van der Waals surface area contributed by atoms with Crippen LogP contribution in [0.15, 0.2) is 42.5 Å². The number of anilines is 1. The summed E-state index contributed by atoms with van der Waals surface area (Å²) >= 11 is 0. The SMILES string of the molecule is COc1ccccc1NC(=O)N1CC[NH+](Cc2ccc3c(c2)OCO3)CC1. The Morgan fingerprint density at radius 3 is 2.74 bits per heavy atom. The quantitative estimate of drug-likeness (QED) is 0.853. The fourth-order valence-electron chi connectivity index (χ4n) is 3.48. The molecule has 7 nitrogen and oxygen atoms in total. The second kappa shape index (κ2) is 7.75. The van der Waals surface area contributed by atoms with Gasteiger partial charge in [-0.05, 0) is 30.3 Å². The van der Waals surface area contributed by atoms with E-state index in [0.717, 1.165) is 44.2 Å². The molecule has 0 unspecified atom stereocenters. The van der Waals surface area contributed by atoms with Crippen molar-refractivity contribution in [2.24, 2.45) is 0 Å². The molecular formula is C20H24N3O4+. The number of hydrogen-bond donors (Lipinski definition) is 2. The van der Waals surface area contributed by atoms with Gasteiger partial charge in [0.25, 0.3) is 0 Å². The lowest BCUT2D eigenvalue weighted by molar-refractivity contribution is -0.917. The number of hydrogen-bond acceptors (Lipinski definition) is 4. The Kier molecular flexibility index (Phi) is 5.02. The van der Waals surface area contributed by atoms with Crippen molar-refractivity contribution in [1.29, 1.82) is 0 Å². The summed E-state index contributed by atoms with van der Waals surface area (Å²) in [6.45, 7) is 4.48. The normalized spacial score (nSPS) is 16.3. The number of carbonyl (C=O) groups is 1. The van der Waals surface area contributed by atoms with Crippen LogP contribution in [0.2, 0.25) is 0 Å². The average molecular weight is 370 g/mol. The maximum absolute atomic E-state index is 12.5. The lowest BCUT2D eigenvalue weighted by Crippen LogP contribution is -3.13. The third kappa shape index (κ3) is 3.93. The van der Waals surface area contributed by atoms with Crippen molar-refractivity contribution in [3.63, 3.8) is 0 Å². The zero-order valence-electron chi connectivity index (χ0n) is 15.4. The fraction of sp³-hybridized carbons (Fsp3) is 0.350. The van der Waals surface area contributed by atoms with E-state index in [1.807, 2.05) is 35.2 Å². The van der Waals surface area contributed by atoms with Gasteiger partial charge >= 0.3 is 6.03 Å². The van der Waals surface area contributed by atoms with Gasteiger partial charge in [-0.15, -0.1) is 0 Å². The van der Waals surface area contributed by atoms with Crippen LogP contribution in [0.25, 0.3) is 0 Å². The molecule has 0 radical (unpaired) electrons. The molecule has 2 aliphatic rings. The number of benzene rings is 2. The third-order valence-corrected chi connectivity index (χ3v) is 5.00. The molecule has 2 aromatic carbocycles. The van der Waals surface area contributed by atoms with E-state index in [2.05, 4.69) is 17.4 Å². The number of quaternary nitrogens is 1. The molecule has 0 bridgehead atoms. The Morgan fingerprint density at radius 1 is 1.15 bits per heavy atom. The second-order valence-corrected chi connectivity index (χ2v) is 6.73. The summed E-state index contributed by atoms with van der Waals surface area (Å²) in [6, 6.07) is 13.5. The second-order valence-electron chi connectivity index (χ2n) is 6.73. The van der Waals surface area contributed by atoms with Crippen LogP contribution in [0.4, 0.5) is 10.5 Å². The van der Waals surface area contributed by atoms with E-state index in [9.17, 15) is 4.79 Å². The molecule has 0 saturated carbocycles. The van der Waals surface area contributed by atoms with E-state index in [0.29, 0.717) is 18.2 Å². The third-order valence-electron chi connectivity index (χ3n) is 5.00. The van der Waals surface area contributed by atoms with Crippen molar-refractivity contribution in [2.75, 3.05) is 45.4 Å². The van der Waals surface area contributed by atoms with E-state index < -0.39 is 0 Å². The van der Waals surface area contributed by atoms with Gasteiger partial charge in [-0.3, -0.25) is 0 Å². The minimum absolute atomic E-state index is 0.0818. The predicted octanol–water partition coefficient (Wildman–Crippen LogP) is 1.36. The highest BCUT2D eigenvalue weighted by Crippen LogP contribution is 2.32. The van der Waals surface area contributed by atoms with Crippen LogP contribution in [0.3, 0.4) is 0 Å². The van der Waals surface area contributed by atoms with Gasteiger partial charge in [-0.2, -0.15) is 0 Å². The molecule has 0 aliphatic carbocycles. The topological polar surface area (TPSA) is 64.5 Å². The molecule has 0 aromatic heterocycles. The zero-order valence-corrected chi connectivity index (χ0v) is 15.4. The van der Waals surface area contributed by atoms with E-state index in [1.165, 1.54) is 10.5 Å². The number of piperazine rings is 1. The summed E-state index contributed by atoms with van der Waals surface area (Å²) in [6.07, 6.45) is 0. The molecule has 1 saturated heterocycles. The van der Waals surface area contributed by atoms with Gasteiger partial charge in [-0.1, -0.05) is 12.1 Å². The average Bonchev–Trinajstić information content (AvgIpc) is 3.17. The van der Waals surface area contributed by atoms with Crippen LogP contribution in [-0.4, -0.2) is 51.0 Å². The summed E-state index contributed by atoms with van der Waals surface area (Å²) in [4.78, 5) is 15.9. The molecule has 2 heterocycles. The van der Waals surface area contributed by atoms with Gasteiger partial charge in [0.1, 0.15) is 12.3 Å². The molecular weight excluding hydrogens is 346 g/mol. The highest BCUT2D eigenvalue weighted by molar-refractivity contribution is 5.91. The van der Waals surface area contributed by atoms with Crippen LogP contribution >= 0.6 is 0 Å².